The third kappa shape index (κ3) is 3.42. The van der Waals surface area contributed by atoms with E-state index in [9.17, 15) is 14.0 Å². The Kier molecular flexibility index (Phi) is 4.96. The van der Waals surface area contributed by atoms with Crippen LogP contribution in [0.5, 0.6) is 0 Å². The van der Waals surface area contributed by atoms with Crippen LogP contribution in [0, 0.1) is 19.7 Å². The van der Waals surface area contributed by atoms with E-state index in [1.165, 1.54) is 17.7 Å². The third-order valence-electron chi connectivity index (χ3n) is 4.59. The van der Waals surface area contributed by atoms with E-state index in [1.54, 1.807) is 11.0 Å². The number of aryl methyl sites for hydroxylation is 2. The number of rotatable bonds is 3. The number of nitrogens with two attached hydrogens (primary N) is 1. The van der Waals surface area contributed by atoms with Crippen LogP contribution >= 0.6 is 15.9 Å². The molecule has 4 nitrogen and oxygen atoms in total. The van der Waals surface area contributed by atoms with Gasteiger partial charge in [-0.25, -0.2) is 4.39 Å². The summed E-state index contributed by atoms with van der Waals surface area (Å²) in [6.07, 6.45) is -0.142. The van der Waals surface area contributed by atoms with Crippen molar-refractivity contribution in [3.63, 3.8) is 0 Å². The normalized spacial score (nSPS) is 14.3. The van der Waals surface area contributed by atoms with Gasteiger partial charge in [-0.05, 0) is 64.7 Å². The fourth-order valence-corrected chi connectivity index (χ4v) is 3.65. The van der Waals surface area contributed by atoms with Gasteiger partial charge in [0, 0.05) is 15.6 Å². The fourth-order valence-electron chi connectivity index (χ4n) is 2.99. The summed E-state index contributed by atoms with van der Waals surface area (Å²) in [6.45, 7) is 4.36. The molecule has 0 atom stereocenters. The lowest BCUT2D eigenvalue weighted by Gasteiger charge is -2.24. The average Bonchev–Trinajstić information content (AvgIpc) is 2.68. The maximum Gasteiger partial charge on any atom is 0.246 e. The van der Waals surface area contributed by atoms with Gasteiger partial charge in [0.1, 0.15) is 5.82 Å². The second kappa shape index (κ2) is 7.03. The van der Waals surface area contributed by atoms with E-state index in [1.807, 2.05) is 32.0 Å². The number of carbonyl (C=O) groups excluding carboxylic acids is 2. The van der Waals surface area contributed by atoms with E-state index in [0.717, 1.165) is 11.1 Å². The summed E-state index contributed by atoms with van der Waals surface area (Å²) in [6, 6.07) is 10.1. The smallest absolute Gasteiger partial charge is 0.246 e. The third-order valence-corrected chi connectivity index (χ3v) is 5.50. The molecule has 6 heteroatoms. The van der Waals surface area contributed by atoms with Crippen molar-refractivity contribution in [3.05, 3.63) is 70.0 Å². The molecule has 26 heavy (non-hydrogen) atoms. The first kappa shape index (κ1) is 18.3. The number of carbonyl (C=O) groups is 2. The Hall–Kier alpha value is -2.47. The minimum atomic E-state index is -0.700. The van der Waals surface area contributed by atoms with E-state index in [0.29, 0.717) is 22.3 Å². The first-order valence-corrected chi connectivity index (χ1v) is 8.92. The van der Waals surface area contributed by atoms with Crippen LogP contribution in [0.1, 0.15) is 28.7 Å². The largest absolute Gasteiger partial charge is 0.366 e. The summed E-state index contributed by atoms with van der Waals surface area (Å²) in [5, 5.41) is 0. The quantitative estimate of drug-likeness (QED) is 0.822. The molecule has 3 rings (SSSR count). The minimum Gasteiger partial charge on any atom is -0.366 e. The van der Waals surface area contributed by atoms with Crippen molar-refractivity contribution >= 4 is 37.9 Å². The number of nitrogens with zero attached hydrogens (tertiary/aromatic N) is 1. The van der Waals surface area contributed by atoms with E-state index in [2.05, 4.69) is 15.9 Å². The predicted octanol–water partition coefficient (Wildman–Crippen LogP) is 3.97. The second-order valence-corrected chi connectivity index (χ2v) is 7.19. The molecule has 2 aromatic carbocycles. The number of amides is 2. The minimum absolute atomic E-state index is 0.142. The summed E-state index contributed by atoms with van der Waals surface area (Å²) in [5.74, 6) is -1.42. The summed E-state index contributed by atoms with van der Waals surface area (Å²) in [7, 11) is 0. The molecule has 0 saturated heterocycles. The van der Waals surface area contributed by atoms with Crippen molar-refractivity contribution in [2.45, 2.75) is 26.8 Å². The number of benzene rings is 2. The molecular formula is C20H18BrFN2O2. The van der Waals surface area contributed by atoms with Gasteiger partial charge in [-0.1, -0.05) is 18.2 Å². The zero-order valence-corrected chi connectivity index (χ0v) is 16.1. The highest BCUT2D eigenvalue weighted by Gasteiger charge is 2.29. The topological polar surface area (TPSA) is 63.4 Å². The molecule has 0 saturated carbocycles. The Balaban J connectivity index is 2.10. The molecule has 134 valence electrons. The summed E-state index contributed by atoms with van der Waals surface area (Å²) in [4.78, 5) is 26.2. The number of hydrogen-bond donors (Lipinski definition) is 1. The molecule has 1 heterocycles. The van der Waals surface area contributed by atoms with Gasteiger partial charge < -0.3 is 10.6 Å². The van der Waals surface area contributed by atoms with Crippen LogP contribution in [0.2, 0.25) is 0 Å². The number of hydrogen-bond acceptors (Lipinski definition) is 2. The Morgan fingerprint density at radius 3 is 2.58 bits per heavy atom. The van der Waals surface area contributed by atoms with Gasteiger partial charge in [0.05, 0.1) is 18.7 Å². The van der Waals surface area contributed by atoms with Crippen LogP contribution < -0.4 is 10.6 Å². The zero-order valence-electron chi connectivity index (χ0n) is 14.5. The second-order valence-electron chi connectivity index (χ2n) is 6.39. The van der Waals surface area contributed by atoms with Gasteiger partial charge in [-0.3, -0.25) is 9.59 Å². The molecule has 0 unspecified atom stereocenters. The standard InChI is InChI=1S/C20H18BrFN2O2/c1-11-3-4-13(7-12(11)2)10-24-17-6-5-14(22)8-15(17)19(21)16(20(23)26)9-18(24)25/h3-8H,9-10H2,1-2H3,(H2,23,26). The number of fused-ring (bicyclic) bond motifs is 1. The average molecular weight is 417 g/mol. The lowest BCUT2D eigenvalue weighted by molar-refractivity contribution is -0.120. The molecule has 1 aliphatic heterocycles. The maximum atomic E-state index is 13.8. The van der Waals surface area contributed by atoms with E-state index >= 15 is 0 Å². The number of halogens is 2. The molecular weight excluding hydrogens is 399 g/mol. The molecule has 0 aromatic heterocycles. The first-order chi connectivity index (χ1) is 12.3. The molecule has 2 N–H and O–H groups in total. The Morgan fingerprint density at radius 1 is 1.19 bits per heavy atom. The molecule has 2 amide bonds. The summed E-state index contributed by atoms with van der Waals surface area (Å²) < 4.78 is 14.2. The zero-order chi connectivity index (χ0) is 19.0. The first-order valence-electron chi connectivity index (χ1n) is 8.13. The monoisotopic (exact) mass is 416 g/mol. The highest BCUT2D eigenvalue weighted by atomic mass is 79.9. The van der Waals surface area contributed by atoms with Crippen LogP contribution in [-0.2, 0) is 16.1 Å². The highest BCUT2D eigenvalue weighted by Crippen LogP contribution is 2.39. The van der Waals surface area contributed by atoms with Gasteiger partial charge in [0.25, 0.3) is 0 Å². The van der Waals surface area contributed by atoms with Gasteiger partial charge in [0.15, 0.2) is 0 Å². The van der Waals surface area contributed by atoms with Crippen LogP contribution in [0.4, 0.5) is 10.1 Å². The van der Waals surface area contributed by atoms with Crippen molar-refractivity contribution in [2.75, 3.05) is 4.90 Å². The molecule has 0 radical (unpaired) electrons. The molecule has 0 spiro atoms. The predicted molar refractivity (Wildman–Crippen MR) is 103 cm³/mol. The van der Waals surface area contributed by atoms with Crippen LogP contribution in [-0.4, -0.2) is 11.8 Å². The molecule has 2 aromatic rings. The highest BCUT2D eigenvalue weighted by molar-refractivity contribution is 9.15. The van der Waals surface area contributed by atoms with Gasteiger partial charge in [-0.2, -0.15) is 0 Å². The van der Waals surface area contributed by atoms with Crippen LogP contribution in [0.25, 0.3) is 4.48 Å². The van der Waals surface area contributed by atoms with Crippen molar-refractivity contribution in [3.8, 4) is 0 Å². The molecule has 0 fully saturated rings. The molecule has 1 aliphatic rings. The molecule has 0 aliphatic carbocycles. The van der Waals surface area contributed by atoms with Crippen molar-refractivity contribution in [2.24, 2.45) is 5.73 Å². The summed E-state index contributed by atoms with van der Waals surface area (Å²) >= 11 is 3.33. The lowest BCUT2D eigenvalue weighted by Crippen LogP contribution is -2.31. The summed E-state index contributed by atoms with van der Waals surface area (Å²) in [5.41, 5.74) is 9.79. The van der Waals surface area contributed by atoms with Crippen molar-refractivity contribution < 1.29 is 14.0 Å². The SMILES string of the molecule is Cc1ccc(CN2C(=O)CC(C(N)=O)=C(Br)c3cc(F)ccc32)cc1C. The maximum absolute atomic E-state index is 13.8. The van der Waals surface area contributed by atoms with Crippen molar-refractivity contribution in [1.29, 1.82) is 0 Å². The van der Waals surface area contributed by atoms with E-state index in [4.69, 9.17) is 5.73 Å². The Morgan fingerprint density at radius 2 is 1.92 bits per heavy atom. The van der Waals surface area contributed by atoms with Gasteiger partial charge >= 0.3 is 0 Å². The Bertz CT molecular complexity index is 953. The van der Waals surface area contributed by atoms with E-state index in [-0.39, 0.29) is 17.9 Å². The fraction of sp³-hybridized carbons (Fsp3) is 0.200. The number of anilines is 1. The van der Waals surface area contributed by atoms with Gasteiger partial charge in [-0.15, -0.1) is 0 Å². The molecule has 0 bridgehead atoms. The van der Waals surface area contributed by atoms with Crippen molar-refractivity contribution in [1.82, 2.24) is 0 Å². The lowest BCUT2D eigenvalue weighted by atomic mass is 10.1. The van der Waals surface area contributed by atoms with Crippen LogP contribution in [0.15, 0.2) is 42.0 Å². The van der Waals surface area contributed by atoms with Crippen LogP contribution in [0.3, 0.4) is 0 Å². The van der Waals surface area contributed by atoms with E-state index < -0.39 is 11.7 Å². The number of primary amides is 1. The Labute approximate surface area is 159 Å². The van der Waals surface area contributed by atoms with Gasteiger partial charge in [0.2, 0.25) is 11.8 Å².